The van der Waals surface area contributed by atoms with Gasteiger partial charge in [0.05, 0.1) is 12.5 Å². The molecule has 0 bridgehead atoms. The summed E-state index contributed by atoms with van der Waals surface area (Å²) in [6.45, 7) is 2.33. The van der Waals surface area contributed by atoms with Crippen LogP contribution in [0, 0.1) is 11.7 Å². The van der Waals surface area contributed by atoms with Gasteiger partial charge in [0.25, 0.3) is 0 Å². The van der Waals surface area contributed by atoms with Crippen molar-refractivity contribution < 1.29 is 18.7 Å². The zero-order valence-corrected chi connectivity index (χ0v) is 10.1. The van der Waals surface area contributed by atoms with Gasteiger partial charge in [-0.15, -0.1) is 0 Å². The number of halogens is 1. The molecule has 18 heavy (non-hydrogen) atoms. The van der Waals surface area contributed by atoms with Gasteiger partial charge in [-0.3, -0.25) is 9.59 Å². The molecular formula is C13H14FNO3. The summed E-state index contributed by atoms with van der Waals surface area (Å²) in [7, 11) is 0. The van der Waals surface area contributed by atoms with Crippen LogP contribution in [0.5, 0.6) is 0 Å². The number of anilines is 1. The van der Waals surface area contributed by atoms with Crippen LogP contribution in [0.4, 0.5) is 10.1 Å². The quantitative estimate of drug-likeness (QED) is 0.769. The van der Waals surface area contributed by atoms with Gasteiger partial charge in [0.15, 0.2) is 0 Å². The Kier molecular flexibility index (Phi) is 3.60. The second-order valence-electron chi connectivity index (χ2n) is 4.13. The van der Waals surface area contributed by atoms with Gasteiger partial charge >= 0.3 is 5.97 Å². The van der Waals surface area contributed by atoms with Gasteiger partial charge in [-0.2, -0.15) is 0 Å². The first kappa shape index (κ1) is 12.5. The average molecular weight is 251 g/mol. The molecule has 96 valence electrons. The molecule has 0 aliphatic carbocycles. The monoisotopic (exact) mass is 251 g/mol. The van der Waals surface area contributed by atoms with E-state index in [4.69, 9.17) is 4.74 Å². The molecule has 5 heteroatoms. The first-order valence-corrected chi connectivity index (χ1v) is 5.84. The molecule has 1 saturated heterocycles. The second-order valence-corrected chi connectivity index (χ2v) is 4.13. The predicted octanol–water partition coefficient (Wildman–Crippen LogP) is 1.74. The molecule has 0 saturated carbocycles. The molecule has 1 aromatic rings. The second kappa shape index (κ2) is 5.16. The Hall–Kier alpha value is -1.91. The Morgan fingerprint density at radius 1 is 1.44 bits per heavy atom. The van der Waals surface area contributed by atoms with Crippen molar-refractivity contribution in [2.24, 2.45) is 5.92 Å². The van der Waals surface area contributed by atoms with Gasteiger partial charge < -0.3 is 9.64 Å². The summed E-state index contributed by atoms with van der Waals surface area (Å²) in [6, 6.07) is 5.64. The van der Waals surface area contributed by atoms with Crippen molar-refractivity contribution in [3.05, 3.63) is 30.1 Å². The summed E-state index contributed by atoms with van der Waals surface area (Å²) in [5.41, 5.74) is 0.605. The van der Waals surface area contributed by atoms with Crippen LogP contribution in [0.3, 0.4) is 0 Å². The van der Waals surface area contributed by atoms with Gasteiger partial charge in [-0.25, -0.2) is 4.39 Å². The maximum atomic E-state index is 12.8. The lowest BCUT2D eigenvalue weighted by molar-refractivity contribution is -0.147. The van der Waals surface area contributed by atoms with E-state index in [1.807, 2.05) is 0 Å². The van der Waals surface area contributed by atoms with E-state index in [0.717, 1.165) is 0 Å². The number of benzene rings is 1. The SMILES string of the molecule is CCOC(=O)C1CC(=O)N(c2ccc(F)cc2)C1. The average Bonchev–Trinajstić information content (AvgIpc) is 2.73. The Labute approximate surface area is 104 Å². The molecule has 1 aliphatic heterocycles. The zero-order chi connectivity index (χ0) is 13.1. The van der Waals surface area contributed by atoms with Crippen molar-refractivity contribution in [3.8, 4) is 0 Å². The van der Waals surface area contributed by atoms with Crippen LogP contribution in [-0.4, -0.2) is 25.0 Å². The lowest BCUT2D eigenvalue weighted by Crippen LogP contribution is -2.26. The third-order valence-corrected chi connectivity index (χ3v) is 2.88. The van der Waals surface area contributed by atoms with Crippen LogP contribution < -0.4 is 4.90 Å². The molecule has 4 nitrogen and oxygen atoms in total. The van der Waals surface area contributed by atoms with E-state index in [2.05, 4.69) is 0 Å². The molecule has 1 heterocycles. The zero-order valence-electron chi connectivity index (χ0n) is 10.1. The maximum absolute atomic E-state index is 12.8. The molecule has 0 aromatic heterocycles. The van der Waals surface area contributed by atoms with Crippen molar-refractivity contribution in [1.29, 1.82) is 0 Å². The third-order valence-electron chi connectivity index (χ3n) is 2.88. The van der Waals surface area contributed by atoms with Crippen LogP contribution >= 0.6 is 0 Å². The van der Waals surface area contributed by atoms with Gasteiger partial charge in [0, 0.05) is 18.7 Å². The van der Waals surface area contributed by atoms with Crippen molar-refractivity contribution in [1.82, 2.24) is 0 Å². The summed E-state index contributed by atoms with van der Waals surface area (Å²) in [6.07, 6.45) is 0.149. The number of ether oxygens (including phenoxy) is 1. The van der Waals surface area contributed by atoms with Gasteiger partial charge in [0.2, 0.25) is 5.91 Å². The predicted molar refractivity (Wildman–Crippen MR) is 63.5 cm³/mol. The normalized spacial score (nSPS) is 19.1. The van der Waals surface area contributed by atoms with E-state index >= 15 is 0 Å². The Bertz CT molecular complexity index is 458. The molecular weight excluding hydrogens is 237 g/mol. The van der Waals surface area contributed by atoms with Crippen LogP contribution in [0.1, 0.15) is 13.3 Å². The van der Waals surface area contributed by atoms with E-state index < -0.39 is 5.92 Å². The molecule has 1 aliphatic rings. The highest BCUT2D eigenvalue weighted by atomic mass is 19.1. The highest BCUT2D eigenvalue weighted by Gasteiger charge is 2.35. The Balaban J connectivity index is 2.10. The number of carbonyl (C=O) groups excluding carboxylic acids is 2. The molecule has 1 fully saturated rings. The first-order chi connectivity index (χ1) is 8.61. The number of hydrogen-bond donors (Lipinski definition) is 0. The van der Waals surface area contributed by atoms with Crippen molar-refractivity contribution >= 4 is 17.6 Å². The van der Waals surface area contributed by atoms with E-state index in [1.54, 1.807) is 6.92 Å². The van der Waals surface area contributed by atoms with Crippen molar-refractivity contribution in [2.75, 3.05) is 18.1 Å². The highest BCUT2D eigenvalue weighted by Crippen LogP contribution is 2.25. The molecule has 0 spiro atoms. The van der Waals surface area contributed by atoms with E-state index in [1.165, 1.54) is 29.2 Å². The number of esters is 1. The molecule has 1 atom stereocenters. The number of rotatable bonds is 3. The Morgan fingerprint density at radius 3 is 2.72 bits per heavy atom. The van der Waals surface area contributed by atoms with Crippen molar-refractivity contribution in [2.45, 2.75) is 13.3 Å². The minimum Gasteiger partial charge on any atom is -0.466 e. The molecule has 1 aromatic carbocycles. The highest BCUT2D eigenvalue weighted by molar-refractivity contribution is 5.99. The van der Waals surface area contributed by atoms with Crippen LogP contribution in [0.15, 0.2) is 24.3 Å². The van der Waals surface area contributed by atoms with Gasteiger partial charge in [-0.1, -0.05) is 0 Å². The van der Waals surface area contributed by atoms with E-state index in [0.29, 0.717) is 18.8 Å². The minimum absolute atomic E-state index is 0.139. The summed E-state index contributed by atoms with van der Waals surface area (Å²) in [5, 5.41) is 0. The molecule has 0 N–H and O–H groups in total. The fraction of sp³-hybridized carbons (Fsp3) is 0.385. The lowest BCUT2D eigenvalue weighted by Gasteiger charge is -2.16. The van der Waals surface area contributed by atoms with E-state index in [9.17, 15) is 14.0 Å². The Morgan fingerprint density at radius 2 is 2.11 bits per heavy atom. The lowest BCUT2D eigenvalue weighted by atomic mass is 10.1. The molecule has 0 radical (unpaired) electrons. The number of nitrogens with zero attached hydrogens (tertiary/aromatic N) is 1. The van der Waals surface area contributed by atoms with Crippen LogP contribution in [0.25, 0.3) is 0 Å². The van der Waals surface area contributed by atoms with Crippen LogP contribution in [0.2, 0.25) is 0 Å². The minimum atomic E-state index is -0.428. The fourth-order valence-electron chi connectivity index (χ4n) is 2.00. The number of amides is 1. The van der Waals surface area contributed by atoms with Gasteiger partial charge in [-0.05, 0) is 31.2 Å². The standard InChI is InChI=1S/C13H14FNO3/c1-2-18-13(17)9-7-12(16)15(8-9)11-5-3-10(14)4-6-11/h3-6,9H,2,7-8H2,1H3. The van der Waals surface area contributed by atoms with Gasteiger partial charge in [0.1, 0.15) is 5.82 Å². The maximum Gasteiger partial charge on any atom is 0.311 e. The molecule has 1 amide bonds. The summed E-state index contributed by atoms with van der Waals surface area (Å²) >= 11 is 0. The number of carbonyl (C=O) groups is 2. The summed E-state index contributed by atoms with van der Waals surface area (Å²) in [5.74, 6) is -1.27. The largest absolute Gasteiger partial charge is 0.466 e. The first-order valence-electron chi connectivity index (χ1n) is 5.84. The van der Waals surface area contributed by atoms with Crippen molar-refractivity contribution in [3.63, 3.8) is 0 Å². The summed E-state index contributed by atoms with van der Waals surface area (Å²) < 4.78 is 17.7. The smallest absolute Gasteiger partial charge is 0.311 e. The topological polar surface area (TPSA) is 46.6 Å². The van der Waals surface area contributed by atoms with Crippen LogP contribution in [-0.2, 0) is 14.3 Å². The molecule has 2 rings (SSSR count). The number of hydrogen-bond acceptors (Lipinski definition) is 3. The summed E-state index contributed by atoms with van der Waals surface area (Å²) in [4.78, 5) is 24.9. The molecule has 1 unspecified atom stereocenters. The third kappa shape index (κ3) is 2.50. The fourth-order valence-corrected chi connectivity index (χ4v) is 2.00. The van der Waals surface area contributed by atoms with E-state index in [-0.39, 0.29) is 24.1 Å².